The predicted molar refractivity (Wildman–Crippen MR) is 168 cm³/mol. The normalized spacial score (nSPS) is 14.8. The fourth-order valence-corrected chi connectivity index (χ4v) is 6.09. The van der Waals surface area contributed by atoms with Gasteiger partial charge in [0.05, 0.1) is 0 Å². The zero-order valence-corrected chi connectivity index (χ0v) is 23.2. The van der Waals surface area contributed by atoms with Crippen LogP contribution in [0.1, 0.15) is 42.4 Å². The molecule has 5 aromatic rings. The zero-order chi connectivity index (χ0) is 28.1. The van der Waals surface area contributed by atoms with Gasteiger partial charge >= 0.3 is 0 Å². The van der Waals surface area contributed by atoms with Crippen molar-refractivity contribution in [2.24, 2.45) is 5.92 Å². The summed E-state index contributed by atoms with van der Waals surface area (Å²) in [7, 11) is 0. The van der Waals surface area contributed by atoms with Crippen LogP contribution in [-0.4, -0.2) is 0 Å². The van der Waals surface area contributed by atoms with Gasteiger partial charge in [-0.25, -0.2) is 0 Å². The topological polar surface area (TPSA) is 70.5 Å². The van der Waals surface area contributed by atoms with Crippen LogP contribution in [0, 0.1) is 5.92 Å². The number of anilines is 2. The molecule has 0 spiro atoms. The lowest BCUT2D eigenvalue weighted by Gasteiger charge is -2.41. The van der Waals surface area contributed by atoms with E-state index in [2.05, 4.69) is 78.9 Å². The highest BCUT2D eigenvalue weighted by atomic mass is 16.5. The second kappa shape index (κ2) is 11.8. The van der Waals surface area contributed by atoms with E-state index >= 15 is 0 Å². The summed E-state index contributed by atoms with van der Waals surface area (Å²) >= 11 is 0. The first-order valence-electron chi connectivity index (χ1n) is 14.4. The maximum atomic E-state index is 6.10. The summed E-state index contributed by atoms with van der Waals surface area (Å²) in [5.41, 5.74) is 17.1. The van der Waals surface area contributed by atoms with Crippen LogP contribution < -0.4 is 20.9 Å². The third kappa shape index (κ3) is 6.22. The summed E-state index contributed by atoms with van der Waals surface area (Å²) in [6.45, 7) is 0. The Hall–Kier alpha value is -4.70. The molecule has 206 valence electrons. The summed E-state index contributed by atoms with van der Waals surface area (Å²) in [6.07, 6.45) is 5.70. The Morgan fingerprint density at radius 1 is 0.512 bits per heavy atom. The van der Waals surface area contributed by atoms with E-state index in [0.717, 1.165) is 53.6 Å². The van der Waals surface area contributed by atoms with Gasteiger partial charge in [-0.3, -0.25) is 0 Å². The standard InChI is InChI=1S/C37H36N2O2/c38-31-10-18-35(19-11-31)40-33-14-6-29(7-15-33)37(24-22-28(23-25-37)26-27-4-2-1-3-5-27)30-8-16-34(17-9-30)41-36-20-12-32(39)13-21-36/h1-21,28H,22-26,38-39H2. The summed E-state index contributed by atoms with van der Waals surface area (Å²) in [5, 5.41) is 0. The Labute approximate surface area is 242 Å². The molecule has 41 heavy (non-hydrogen) atoms. The van der Waals surface area contributed by atoms with E-state index in [-0.39, 0.29) is 5.41 Å². The lowest BCUT2D eigenvalue weighted by molar-refractivity contribution is 0.264. The predicted octanol–water partition coefficient (Wildman–Crippen LogP) is 9.15. The van der Waals surface area contributed by atoms with Crippen molar-refractivity contribution >= 4 is 11.4 Å². The second-order valence-electron chi connectivity index (χ2n) is 11.1. The van der Waals surface area contributed by atoms with E-state index in [4.69, 9.17) is 20.9 Å². The van der Waals surface area contributed by atoms with Crippen LogP contribution in [0.3, 0.4) is 0 Å². The highest BCUT2D eigenvalue weighted by molar-refractivity contribution is 5.47. The number of benzene rings is 5. The molecule has 0 bridgehead atoms. The molecule has 0 atom stereocenters. The van der Waals surface area contributed by atoms with Gasteiger partial charge in [0.15, 0.2) is 0 Å². The van der Waals surface area contributed by atoms with Crippen molar-refractivity contribution in [2.75, 3.05) is 11.5 Å². The molecule has 1 aliphatic rings. The molecule has 6 rings (SSSR count). The van der Waals surface area contributed by atoms with E-state index in [1.807, 2.05) is 48.5 Å². The van der Waals surface area contributed by atoms with Gasteiger partial charge in [0.1, 0.15) is 23.0 Å². The highest BCUT2D eigenvalue weighted by Gasteiger charge is 2.38. The van der Waals surface area contributed by atoms with Crippen molar-refractivity contribution in [3.05, 3.63) is 144 Å². The molecule has 1 aliphatic carbocycles. The second-order valence-corrected chi connectivity index (χ2v) is 11.1. The number of nitrogens with two attached hydrogens (primary N) is 2. The molecule has 4 heteroatoms. The maximum absolute atomic E-state index is 6.10. The molecular weight excluding hydrogens is 504 g/mol. The van der Waals surface area contributed by atoms with Crippen molar-refractivity contribution in [3.8, 4) is 23.0 Å². The lowest BCUT2D eigenvalue weighted by Crippen LogP contribution is -2.33. The van der Waals surface area contributed by atoms with Gasteiger partial charge in [-0.1, -0.05) is 54.6 Å². The minimum atomic E-state index is -0.0629. The molecule has 0 saturated heterocycles. The summed E-state index contributed by atoms with van der Waals surface area (Å²) < 4.78 is 12.2. The third-order valence-corrected chi connectivity index (χ3v) is 8.37. The third-order valence-electron chi connectivity index (χ3n) is 8.37. The number of hydrogen-bond donors (Lipinski definition) is 2. The molecule has 0 aliphatic heterocycles. The Morgan fingerprint density at radius 2 is 0.902 bits per heavy atom. The summed E-state index contributed by atoms with van der Waals surface area (Å²) in [6, 6.07) is 43.2. The van der Waals surface area contributed by atoms with Gasteiger partial charge in [-0.2, -0.15) is 0 Å². The molecule has 0 aromatic heterocycles. The smallest absolute Gasteiger partial charge is 0.127 e. The summed E-state index contributed by atoms with van der Waals surface area (Å²) in [4.78, 5) is 0. The highest BCUT2D eigenvalue weighted by Crippen LogP contribution is 2.48. The van der Waals surface area contributed by atoms with E-state index in [1.54, 1.807) is 0 Å². The average molecular weight is 541 g/mol. The molecule has 0 heterocycles. The quantitative estimate of drug-likeness (QED) is 0.193. The molecule has 1 saturated carbocycles. The Kier molecular flexibility index (Phi) is 7.64. The monoisotopic (exact) mass is 540 g/mol. The van der Waals surface area contributed by atoms with Gasteiger partial charge in [0.25, 0.3) is 0 Å². The molecule has 1 fully saturated rings. The lowest BCUT2D eigenvalue weighted by atomic mass is 9.62. The zero-order valence-electron chi connectivity index (χ0n) is 23.2. The number of rotatable bonds is 8. The minimum absolute atomic E-state index is 0.0629. The number of ether oxygens (including phenoxy) is 2. The van der Waals surface area contributed by atoms with Crippen molar-refractivity contribution in [1.29, 1.82) is 0 Å². The molecule has 5 aromatic carbocycles. The molecule has 0 radical (unpaired) electrons. The molecule has 4 nitrogen and oxygen atoms in total. The van der Waals surface area contributed by atoms with Crippen LogP contribution in [0.4, 0.5) is 11.4 Å². The van der Waals surface area contributed by atoms with Gasteiger partial charge < -0.3 is 20.9 Å². The Balaban J connectivity index is 1.24. The van der Waals surface area contributed by atoms with Crippen LogP contribution in [0.2, 0.25) is 0 Å². The van der Waals surface area contributed by atoms with Crippen LogP contribution in [0.5, 0.6) is 23.0 Å². The van der Waals surface area contributed by atoms with E-state index < -0.39 is 0 Å². The maximum Gasteiger partial charge on any atom is 0.127 e. The first-order chi connectivity index (χ1) is 20.1. The van der Waals surface area contributed by atoms with Crippen LogP contribution in [0.15, 0.2) is 127 Å². The summed E-state index contributed by atoms with van der Waals surface area (Å²) in [5.74, 6) is 3.88. The van der Waals surface area contributed by atoms with Crippen LogP contribution >= 0.6 is 0 Å². The SMILES string of the molecule is Nc1ccc(Oc2ccc(C3(c4ccc(Oc5ccc(N)cc5)cc4)CCC(Cc4ccccc4)CC3)cc2)cc1. The van der Waals surface area contributed by atoms with Crippen molar-refractivity contribution in [3.63, 3.8) is 0 Å². The first kappa shape index (κ1) is 26.5. The minimum Gasteiger partial charge on any atom is -0.457 e. The largest absolute Gasteiger partial charge is 0.457 e. The van der Waals surface area contributed by atoms with Gasteiger partial charge in [-0.15, -0.1) is 0 Å². The van der Waals surface area contributed by atoms with Crippen molar-refractivity contribution in [1.82, 2.24) is 0 Å². The molecule has 4 N–H and O–H groups in total. The van der Waals surface area contributed by atoms with Gasteiger partial charge in [-0.05, 0) is 128 Å². The van der Waals surface area contributed by atoms with Crippen molar-refractivity contribution < 1.29 is 9.47 Å². The van der Waals surface area contributed by atoms with Gasteiger partial charge in [0, 0.05) is 16.8 Å². The van der Waals surface area contributed by atoms with Crippen LogP contribution in [0.25, 0.3) is 0 Å². The Morgan fingerprint density at radius 3 is 1.32 bits per heavy atom. The average Bonchev–Trinajstić information content (AvgIpc) is 3.01. The fourth-order valence-electron chi connectivity index (χ4n) is 6.09. The van der Waals surface area contributed by atoms with E-state index in [1.165, 1.54) is 29.5 Å². The number of nitrogen functional groups attached to an aromatic ring is 2. The van der Waals surface area contributed by atoms with E-state index in [9.17, 15) is 0 Å². The van der Waals surface area contributed by atoms with Crippen molar-refractivity contribution in [2.45, 2.75) is 37.5 Å². The first-order valence-corrected chi connectivity index (χ1v) is 14.4. The molecule has 0 unspecified atom stereocenters. The van der Waals surface area contributed by atoms with Gasteiger partial charge in [0.2, 0.25) is 0 Å². The number of hydrogen-bond acceptors (Lipinski definition) is 4. The van der Waals surface area contributed by atoms with Crippen LogP contribution in [-0.2, 0) is 11.8 Å². The molecular formula is C37H36N2O2. The van der Waals surface area contributed by atoms with E-state index in [0.29, 0.717) is 5.92 Å². The fraction of sp³-hybridized carbons (Fsp3) is 0.189. The Bertz CT molecular complexity index is 1440. The molecule has 0 amide bonds.